The molecule has 1 aliphatic heterocycles. The number of sulfonamides is 1. The first-order valence-electron chi connectivity index (χ1n) is 8.94. The van der Waals surface area contributed by atoms with Gasteiger partial charge in [0.2, 0.25) is 10.0 Å². The number of benzene rings is 2. The van der Waals surface area contributed by atoms with Gasteiger partial charge in [0, 0.05) is 23.7 Å². The topological polar surface area (TPSA) is 72.9 Å². The first kappa shape index (κ1) is 20.8. The summed E-state index contributed by atoms with van der Waals surface area (Å²) in [6, 6.07) is 11.6. The van der Waals surface area contributed by atoms with E-state index < -0.39 is 22.1 Å². The molecule has 0 bridgehead atoms. The smallest absolute Gasteiger partial charge is 0.339 e. The van der Waals surface area contributed by atoms with Gasteiger partial charge in [-0.3, -0.25) is 0 Å². The molecule has 0 saturated carbocycles. The Morgan fingerprint density at radius 3 is 2.54 bits per heavy atom. The molecule has 2 aromatic rings. The van der Waals surface area contributed by atoms with E-state index in [1.54, 1.807) is 38.1 Å². The Morgan fingerprint density at radius 1 is 1.18 bits per heavy atom. The van der Waals surface area contributed by atoms with E-state index in [0.29, 0.717) is 42.5 Å². The molecular formula is C20H22ClNO5S. The molecule has 0 radical (unpaired) electrons. The van der Waals surface area contributed by atoms with E-state index in [9.17, 15) is 13.2 Å². The highest BCUT2D eigenvalue weighted by atomic mass is 35.5. The monoisotopic (exact) mass is 423 g/mol. The van der Waals surface area contributed by atoms with Crippen molar-refractivity contribution in [3.05, 3.63) is 64.2 Å². The number of halogens is 1. The van der Waals surface area contributed by atoms with Crippen LogP contribution in [-0.4, -0.2) is 45.0 Å². The summed E-state index contributed by atoms with van der Waals surface area (Å²) in [6.07, 6.45) is -0.569. The molecule has 0 aromatic heterocycles. The van der Waals surface area contributed by atoms with Crippen molar-refractivity contribution in [3.8, 4) is 0 Å². The predicted octanol–water partition coefficient (Wildman–Crippen LogP) is 3.59. The van der Waals surface area contributed by atoms with Crippen molar-refractivity contribution >= 4 is 27.6 Å². The fourth-order valence-corrected chi connectivity index (χ4v) is 4.73. The number of carbonyl (C=O) groups is 1. The van der Waals surface area contributed by atoms with Crippen LogP contribution in [0.15, 0.2) is 47.4 Å². The fraction of sp³-hybridized carbons (Fsp3) is 0.350. The van der Waals surface area contributed by atoms with Crippen LogP contribution in [0.4, 0.5) is 0 Å². The molecule has 0 amide bonds. The summed E-state index contributed by atoms with van der Waals surface area (Å²) in [5.41, 5.74) is 1.54. The van der Waals surface area contributed by atoms with Crippen molar-refractivity contribution in [3.63, 3.8) is 0 Å². The number of hydrogen-bond donors (Lipinski definition) is 0. The normalized spacial score (nSPS) is 16.5. The van der Waals surface area contributed by atoms with Gasteiger partial charge in [-0.2, -0.15) is 4.31 Å². The number of carbonyl (C=O) groups excluding carboxylic acids is 1. The average molecular weight is 424 g/mol. The molecule has 0 aliphatic carbocycles. The van der Waals surface area contributed by atoms with Crippen LogP contribution in [0.25, 0.3) is 0 Å². The minimum absolute atomic E-state index is 0.0670. The third-order valence-corrected chi connectivity index (χ3v) is 6.90. The van der Waals surface area contributed by atoms with Crippen LogP contribution in [0, 0.1) is 6.92 Å². The lowest BCUT2D eigenvalue weighted by molar-refractivity contribution is 0.0337. The van der Waals surface area contributed by atoms with Crippen molar-refractivity contribution in [2.45, 2.75) is 24.8 Å². The summed E-state index contributed by atoms with van der Waals surface area (Å²) in [6.45, 7) is 4.76. The zero-order valence-corrected chi connectivity index (χ0v) is 17.3. The van der Waals surface area contributed by atoms with Crippen LogP contribution >= 0.6 is 11.6 Å². The third kappa shape index (κ3) is 4.38. The highest BCUT2D eigenvalue weighted by Crippen LogP contribution is 2.27. The maximum Gasteiger partial charge on any atom is 0.339 e. The Labute approximate surface area is 170 Å². The standard InChI is InChI=1S/C20H22ClNO5S/c1-14-7-8-16(28(24,25)22-9-11-26-12-10-22)13-18(14)20(23)27-15(2)17-5-3-4-6-19(17)21/h3-8,13,15H,9-12H2,1-2H3. The zero-order chi connectivity index (χ0) is 20.3. The van der Waals surface area contributed by atoms with Crippen LogP contribution in [0.5, 0.6) is 0 Å². The van der Waals surface area contributed by atoms with E-state index in [2.05, 4.69) is 0 Å². The Balaban J connectivity index is 1.85. The van der Waals surface area contributed by atoms with Crippen LogP contribution in [0.3, 0.4) is 0 Å². The van der Waals surface area contributed by atoms with Gasteiger partial charge in [0.05, 0.1) is 23.7 Å². The van der Waals surface area contributed by atoms with E-state index >= 15 is 0 Å². The third-order valence-electron chi connectivity index (χ3n) is 4.66. The van der Waals surface area contributed by atoms with Crippen molar-refractivity contribution in [2.75, 3.05) is 26.3 Å². The number of rotatable bonds is 5. The van der Waals surface area contributed by atoms with Crippen molar-refractivity contribution in [2.24, 2.45) is 0 Å². The van der Waals surface area contributed by atoms with E-state index in [1.165, 1.54) is 16.4 Å². The molecule has 0 N–H and O–H groups in total. The molecule has 1 fully saturated rings. The second-order valence-electron chi connectivity index (χ2n) is 6.56. The van der Waals surface area contributed by atoms with Crippen LogP contribution in [-0.2, 0) is 19.5 Å². The maximum absolute atomic E-state index is 12.9. The minimum Gasteiger partial charge on any atom is -0.454 e. The summed E-state index contributed by atoms with van der Waals surface area (Å²) >= 11 is 6.16. The average Bonchev–Trinajstić information content (AvgIpc) is 2.69. The SMILES string of the molecule is Cc1ccc(S(=O)(=O)N2CCOCC2)cc1C(=O)OC(C)c1ccccc1Cl. The quantitative estimate of drug-likeness (QED) is 0.687. The molecule has 3 rings (SSSR count). The largest absolute Gasteiger partial charge is 0.454 e. The molecule has 2 aromatic carbocycles. The molecule has 1 saturated heterocycles. The van der Waals surface area contributed by atoms with E-state index in [1.807, 2.05) is 6.07 Å². The lowest BCUT2D eigenvalue weighted by Crippen LogP contribution is -2.40. The second-order valence-corrected chi connectivity index (χ2v) is 8.91. The van der Waals surface area contributed by atoms with Gasteiger partial charge in [-0.05, 0) is 37.6 Å². The van der Waals surface area contributed by atoms with E-state index in [0.717, 1.165) is 0 Å². The van der Waals surface area contributed by atoms with Crippen LogP contribution < -0.4 is 0 Å². The summed E-state index contributed by atoms with van der Waals surface area (Å²) in [5, 5.41) is 0.503. The molecule has 1 unspecified atom stereocenters. The number of aryl methyl sites for hydroxylation is 1. The number of morpholine rings is 1. The van der Waals surface area contributed by atoms with E-state index in [4.69, 9.17) is 21.1 Å². The highest BCUT2D eigenvalue weighted by Gasteiger charge is 2.28. The highest BCUT2D eigenvalue weighted by molar-refractivity contribution is 7.89. The Hall–Kier alpha value is -1.93. The molecule has 0 spiro atoms. The number of esters is 1. The zero-order valence-electron chi connectivity index (χ0n) is 15.7. The minimum atomic E-state index is -3.70. The van der Waals surface area contributed by atoms with Gasteiger partial charge in [0.15, 0.2) is 0 Å². The van der Waals surface area contributed by atoms with Crippen molar-refractivity contribution in [1.82, 2.24) is 4.31 Å². The Morgan fingerprint density at radius 2 is 1.86 bits per heavy atom. The molecule has 6 nitrogen and oxygen atoms in total. The van der Waals surface area contributed by atoms with Crippen molar-refractivity contribution < 1.29 is 22.7 Å². The molecule has 28 heavy (non-hydrogen) atoms. The van der Waals surface area contributed by atoms with Crippen LogP contribution in [0.2, 0.25) is 5.02 Å². The molecular weight excluding hydrogens is 402 g/mol. The van der Waals surface area contributed by atoms with Gasteiger partial charge in [0.1, 0.15) is 6.10 Å². The molecule has 1 aliphatic rings. The summed E-state index contributed by atoms with van der Waals surface area (Å²) in [7, 11) is -3.70. The Bertz CT molecular complexity index is 970. The summed E-state index contributed by atoms with van der Waals surface area (Å²) < 4.78 is 37.9. The number of ether oxygens (including phenoxy) is 2. The summed E-state index contributed by atoms with van der Waals surface area (Å²) in [5.74, 6) is -0.594. The number of hydrogen-bond acceptors (Lipinski definition) is 5. The lowest BCUT2D eigenvalue weighted by Gasteiger charge is -2.26. The Kier molecular flexibility index (Phi) is 6.40. The first-order chi connectivity index (χ1) is 13.3. The molecule has 150 valence electrons. The number of nitrogens with zero attached hydrogens (tertiary/aromatic N) is 1. The second kappa shape index (κ2) is 8.61. The van der Waals surface area contributed by atoms with Gasteiger partial charge in [-0.25, -0.2) is 13.2 Å². The van der Waals surface area contributed by atoms with Gasteiger partial charge in [-0.15, -0.1) is 0 Å². The van der Waals surface area contributed by atoms with Crippen molar-refractivity contribution in [1.29, 1.82) is 0 Å². The van der Waals surface area contributed by atoms with E-state index in [-0.39, 0.29) is 10.5 Å². The maximum atomic E-state index is 12.9. The predicted molar refractivity (Wildman–Crippen MR) is 106 cm³/mol. The molecule has 8 heteroatoms. The lowest BCUT2D eigenvalue weighted by atomic mass is 10.1. The summed E-state index contributed by atoms with van der Waals surface area (Å²) in [4.78, 5) is 12.8. The first-order valence-corrected chi connectivity index (χ1v) is 10.8. The fourth-order valence-electron chi connectivity index (χ4n) is 3.01. The molecule has 1 heterocycles. The molecule has 1 atom stereocenters. The van der Waals surface area contributed by atoms with Crippen LogP contribution in [0.1, 0.15) is 34.5 Å². The van der Waals surface area contributed by atoms with Gasteiger partial charge in [-0.1, -0.05) is 35.9 Å². The van der Waals surface area contributed by atoms with Gasteiger partial charge >= 0.3 is 5.97 Å². The van der Waals surface area contributed by atoms with Gasteiger partial charge in [0.25, 0.3) is 0 Å². The van der Waals surface area contributed by atoms with Gasteiger partial charge < -0.3 is 9.47 Å².